The highest BCUT2D eigenvalue weighted by Crippen LogP contribution is 2.27. The van der Waals surface area contributed by atoms with Crippen molar-refractivity contribution < 1.29 is 19.0 Å². The van der Waals surface area contributed by atoms with Crippen LogP contribution in [0.15, 0.2) is 0 Å². The van der Waals surface area contributed by atoms with E-state index in [0.717, 1.165) is 19.4 Å². The van der Waals surface area contributed by atoms with Crippen LogP contribution >= 0.6 is 21.6 Å². The zero-order valence-electron chi connectivity index (χ0n) is 18.8. The molecule has 170 valence electrons. The van der Waals surface area contributed by atoms with E-state index in [0.29, 0.717) is 58.0 Å². The van der Waals surface area contributed by atoms with Gasteiger partial charge in [0.05, 0.1) is 39.6 Å². The van der Waals surface area contributed by atoms with Gasteiger partial charge >= 0.3 is 0 Å². The molecule has 0 aliphatic rings. The molecule has 0 saturated heterocycles. The van der Waals surface area contributed by atoms with Crippen molar-refractivity contribution in [2.75, 3.05) is 52.4 Å². The Kier molecular flexibility index (Phi) is 20.5. The zero-order chi connectivity index (χ0) is 21.7. The Labute approximate surface area is 185 Å². The number of hydrogen-bond donors (Lipinski definition) is 2. The molecule has 0 bridgehead atoms. The molecule has 6 nitrogen and oxygen atoms in total. The van der Waals surface area contributed by atoms with Crippen LogP contribution in [-0.4, -0.2) is 69.8 Å². The van der Waals surface area contributed by atoms with Crippen molar-refractivity contribution in [3.63, 3.8) is 0 Å². The minimum Gasteiger partial charge on any atom is -0.379 e. The van der Waals surface area contributed by atoms with Crippen molar-refractivity contribution >= 4 is 27.5 Å². The van der Waals surface area contributed by atoms with E-state index in [-0.39, 0.29) is 11.3 Å². The van der Waals surface area contributed by atoms with Crippen molar-refractivity contribution in [2.45, 2.75) is 58.4 Å². The van der Waals surface area contributed by atoms with Gasteiger partial charge in [-0.05, 0) is 25.6 Å². The maximum atomic E-state index is 11.6. The normalized spacial score (nSPS) is 12.1. The maximum Gasteiger partial charge on any atom is 0.223 e. The molecule has 0 heterocycles. The summed E-state index contributed by atoms with van der Waals surface area (Å²) >= 11 is 0. The Bertz CT molecular complexity index is 454. The van der Waals surface area contributed by atoms with Gasteiger partial charge in [0.15, 0.2) is 0 Å². The molecule has 0 aliphatic heterocycles. The first-order valence-electron chi connectivity index (χ1n) is 10.4. The summed E-state index contributed by atoms with van der Waals surface area (Å²) in [5, 5.41) is 6.18. The van der Waals surface area contributed by atoms with Crippen LogP contribution < -0.4 is 10.6 Å². The molecule has 1 atom stereocenters. The molecule has 0 aromatic carbocycles. The minimum atomic E-state index is -0.0432. The van der Waals surface area contributed by atoms with Crippen LogP contribution in [0.5, 0.6) is 0 Å². The molecular weight excluding hydrogens is 408 g/mol. The lowest BCUT2D eigenvalue weighted by molar-refractivity contribution is -0.122. The second-order valence-corrected chi connectivity index (χ2v) is 9.67. The molecule has 0 fully saturated rings. The lowest BCUT2D eigenvalue weighted by Gasteiger charge is -2.17. The summed E-state index contributed by atoms with van der Waals surface area (Å²) in [4.78, 5) is 11.6. The Morgan fingerprint density at radius 2 is 1.72 bits per heavy atom. The van der Waals surface area contributed by atoms with Crippen molar-refractivity contribution in [2.24, 2.45) is 5.92 Å². The van der Waals surface area contributed by atoms with Crippen LogP contribution in [0.3, 0.4) is 0 Å². The van der Waals surface area contributed by atoms with Crippen LogP contribution in [-0.2, 0) is 19.0 Å². The molecular formula is C21H40N2O4S2. The minimum absolute atomic E-state index is 0.0432. The zero-order valence-corrected chi connectivity index (χ0v) is 20.4. The first-order chi connectivity index (χ1) is 14.0. The second-order valence-electron chi connectivity index (χ2n) is 7.04. The monoisotopic (exact) mass is 448 g/mol. The fourth-order valence-electron chi connectivity index (χ4n) is 2.14. The van der Waals surface area contributed by atoms with E-state index >= 15 is 0 Å². The van der Waals surface area contributed by atoms with Crippen LogP contribution in [0.1, 0.15) is 47.0 Å². The van der Waals surface area contributed by atoms with Crippen LogP contribution in [0.4, 0.5) is 0 Å². The molecule has 2 N–H and O–H groups in total. The molecule has 29 heavy (non-hydrogen) atoms. The van der Waals surface area contributed by atoms with Crippen molar-refractivity contribution in [1.29, 1.82) is 0 Å². The van der Waals surface area contributed by atoms with Gasteiger partial charge in [-0.3, -0.25) is 4.79 Å². The van der Waals surface area contributed by atoms with Crippen LogP contribution in [0.25, 0.3) is 0 Å². The van der Waals surface area contributed by atoms with E-state index < -0.39 is 0 Å². The van der Waals surface area contributed by atoms with Gasteiger partial charge in [-0.2, -0.15) is 0 Å². The van der Waals surface area contributed by atoms with E-state index in [9.17, 15) is 4.79 Å². The van der Waals surface area contributed by atoms with Gasteiger partial charge in [0.1, 0.15) is 5.44 Å². The van der Waals surface area contributed by atoms with Crippen LogP contribution in [0.2, 0.25) is 0 Å². The molecule has 0 aromatic heterocycles. The smallest absolute Gasteiger partial charge is 0.223 e. The summed E-state index contributed by atoms with van der Waals surface area (Å²) in [6.45, 7) is 12.3. The third-order valence-electron chi connectivity index (χ3n) is 3.51. The standard InChI is InChI=1S/C21H40N2O4S2/c1-18(2)8-6-12-23-20(24)10-13-25-14-15-26-16-17-27-21(29-28-5)9-7-11-22-19(3)4/h18-19,21-22H,7,9-17H2,1-5H3,(H,23,24)/t21-/m0/s1. The summed E-state index contributed by atoms with van der Waals surface area (Å²) in [6, 6.07) is 0.525. The molecule has 0 spiro atoms. The SMILES string of the molecule is CSS[C@@H](CCCNC(C)C)OCCOCCOCCC(=O)NCC#CC(C)C. The van der Waals surface area contributed by atoms with Gasteiger partial charge in [-0.15, -0.1) is 0 Å². The number of hydrogen-bond acceptors (Lipinski definition) is 7. The summed E-state index contributed by atoms with van der Waals surface area (Å²) in [5.74, 6) is 6.20. The third kappa shape index (κ3) is 22.1. The van der Waals surface area contributed by atoms with Crippen molar-refractivity contribution in [3.05, 3.63) is 0 Å². The van der Waals surface area contributed by atoms with E-state index in [2.05, 4.69) is 42.6 Å². The van der Waals surface area contributed by atoms with E-state index in [1.165, 1.54) is 0 Å². The van der Waals surface area contributed by atoms with Gasteiger partial charge in [-0.1, -0.05) is 61.1 Å². The quantitative estimate of drug-likeness (QED) is 0.144. The van der Waals surface area contributed by atoms with Crippen LogP contribution in [0, 0.1) is 17.8 Å². The largest absolute Gasteiger partial charge is 0.379 e. The Morgan fingerprint density at radius 3 is 2.38 bits per heavy atom. The number of carbonyl (C=O) groups excluding carboxylic acids is 1. The lowest BCUT2D eigenvalue weighted by atomic mass is 10.2. The molecule has 1 amide bonds. The Balaban J connectivity index is 3.53. The van der Waals surface area contributed by atoms with Gasteiger partial charge in [0.25, 0.3) is 0 Å². The van der Waals surface area contributed by atoms with Gasteiger partial charge < -0.3 is 24.8 Å². The third-order valence-corrected chi connectivity index (χ3v) is 5.51. The first kappa shape index (κ1) is 28.6. The summed E-state index contributed by atoms with van der Waals surface area (Å²) in [7, 11) is 3.49. The predicted molar refractivity (Wildman–Crippen MR) is 125 cm³/mol. The number of ether oxygens (including phenoxy) is 3. The van der Waals surface area contributed by atoms with Gasteiger partial charge in [0, 0.05) is 18.4 Å². The summed E-state index contributed by atoms with van der Waals surface area (Å²) < 4.78 is 16.8. The highest BCUT2D eigenvalue weighted by atomic mass is 33.1. The second kappa shape index (κ2) is 20.8. The number of rotatable bonds is 18. The van der Waals surface area contributed by atoms with Crippen molar-refractivity contribution in [3.8, 4) is 11.8 Å². The van der Waals surface area contributed by atoms with Crippen molar-refractivity contribution in [1.82, 2.24) is 10.6 Å². The van der Waals surface area contributed by atoms with Gasteiger partial charge in [-0.25, -0.2) is 0 Å². The Morgan fingerprint density at radius 1 is 1.03 bits per heavy atom. The molecule has 8 heteroatoms. The Hall–Kier alpha value is -0.430. The summed E-state index contributed by atoms with van der Waals surface area (Å²) in [5.41, 5.74) is 0.197. The molecule has 0 rings (SSSR count). The topological polar surface area (TPSA) is 68.8 Å². The highest BCUT2D eigenvalue weighted by Gasteiger charge is 2.09. The molecule has 0 aliphatic carbocycles. The molecule has 0 unspecified atom stereocenters. The molecule has 0 radical (unpaired) electrons. The van der Waals surface area contributed by atoms with Gasteiger partial charge in [0.2, 0.25) is 5.91 Å². The predicted octanol–water partition coefficient (Wildman–Crippen LogP) is 3.32. The maximum absolute atomic E-state index is 11.6. The summed E-state index contributed by atoms with van der Waals surface area (Å²) in [6.07, 6.45) is 4.54. The van der Waals surface area contributed by atoms with E-state index in [4.69, 9.17) is 14.2 Å². The average molecular weight is 449 g/mol. The number of nitrogens with one attached hydrogen (secondary N) is 2. The van der Waals surface area contributed by atoms with E-state index in [1.807, 2.05) is 13.8 Å². The molecule has 0 saturated carbocycles. The number of carbonyl (C=O) groups is 1. The number of amides is 1. The van der Waals surface area contributed by atoms with E-state index in [1.54, 1.807) is 21.6 Å². The highest BCUT2D eigenvalue weighted by molar-refractivity contribution is 8.76. The lowest BCUT2D eigenvalue weighted by Crippen LogP contribution is -2.25. The fraction of sp³-hybridized carbons (Fsp3) is 0.857. The first-order valence-corrected chi connectivity index (χ1v) is 13.0. The average Bonchev–Trinajstić information content (AvgIpc) is 2.66. The fourth-order valence-corrected chi connectivity index (χ4v) is 3.87. The molecule has 0 aromatic rings.